The SMILES string of the molecule is CC1(C)c2cc(N(c3ccccc3)c3ccc4c(c3)C3(c5ccccc5-c5ccccc53)c3cc5c(cc3-4)C3(c4ccccc4-c4ccccc43)c3ccc4oc6ccccc6c4c3-5)ccc2-c2c1cc(-c1ccccc1)c1oc3ccccc3c21. The van der Waals surface area contributed by atoms with Gasteiger partial charge in [-0.15, -0.1) is 0 Å². The zero-order valence-electron chi connectivity index (χ0n) is 47.2. The van der Waals surface area contributed by atoms with E-state index >= 15 is 0 Å². The molecule has 5 aliphatic rings. The summed E-state index contributed by atoms with van der Waals surface area (Å²) in [5.74, 6) is 0. The Kier molecular flexibility index (Phi) is 8.87. The first-order chi connectivity index (χ1) is 42.4. The minimum atomic E-state index is -0.657. The van der Waals surface area contributed by atoms with Crippen LogP contribution in [0, 0.1) is 0 Å². The van der Waals surface area contributed by atoms with E-state index in [-0.39, 0.29) is 5.41 Å². The van der Waals surface area contributed by atoms with Crippen LogP contribution in [0.25, 0.3) is 111 Å². The summed E-state index contributed by atoms with van der Waals surface area (Å²) in [4.78, 5) is 2.50. The molecule has 0 saturated heterocycles. The van der Waals surface area contributed by atoms with Crippen LogP contribution in [0.1, 0.15) is 69.5 Å². The molecule has 13 aromatic carbocycles. The zero-order valence-corrected chi connectivity index (χ0v) is 47.2. The molecule has 0 unspecified atom stereocenters. The van der Waals surface area contributed by atoms with Gasteiger partial charge in [-0.1, -0.05) is 214 Å². The molecule has 2 aromatic heterocycles. The van der Waals surface area contributed by atoms with Crippen molar-refractivity contribution in [2.24, 2.45) is 0 Å². The normalized spacial score (nSPS) is 14.9. The molecule has 20 rings (SSSR count). The lowest BCUT2D eigenvalue weighted by molar-refractivity contribution is 0.657. The number of benzene rings is 13. The van der Waals surface area contributed by atoms with Crippen LogP contribution in [0.4, 0.5) is 17.1 Å². The summed E-state index contributed by atoms with van der Waals surface area (Å²) in [6, 6.07) is 103. The van der Waals surface area contributed by atoms with Gasteiger partial charge in [-0.3, -0.25) is 0 Å². The van der Waals surface area contributed by atoms with Crippen LogP contribution in [0.3, 0.4) is 0 Å². The maximum Gasteiger partial charge on any atom is 0.143 e. The number of fused-ring (bicyclic) bond motifs is 31. The van der Waals surface area contributed by atoms with Crippen molar-refractivity contribution in [1.82, 2.24) is 0 Å². The van der Waals surface area contributed by atoms with Gasteiger partial charge in [-0.2, -0.15) is 0 Å². The summed E-state index contributed by atoms with van der Waals surface area (Å²) >= 11 is 0. The average Bonchev–Trinajstić information content (AvgIpc) is 1.50. The molecule has 400 valence electrons. The molecule has 0 aliphatic heterocycles. The Bertz CT molecular complexity index is 5430. The van der Waals surface area contributed by atoms with E-state index in [1.165, 1.54) is 122 Å². The van der Waals surface area contributed by atoms with Crippen LogP contribution in [0.5, 0.6) is 0 Å². The van der Waals surface area contributed by atoms with Gasteiger partial charge in [0.2, 0.25) is 0 Å². The predicted octanol–water partition coefficient (Wildman–Crippen LogP) is 21.6. The van der Waals surface area contributed by atoms with Gasteiger partial charge < -0.3 is 13.7 Å². The molecule has 5 aliphatic carbocycles. The van der Waals surface area contributed by atoms with Crippen LogP contribution in [0.15, 0.2) is 282 Å². The molecule has 0 bridgehead atoms. The molecule has 0 radical (unpaired) electrons. The number of nitrogens with zero attached hydrogens (tertiary/aromatic N) is 1. The van der Waals surface area contributed by atoms with Crippen LogP contribution in [-0.2, 0) is 16.2 Å². The van der Waals surface area contributed by atoms with E-state index in [1.54, 1.807) is 0 Å². The van der Waals surface area contributed by atoms with E-state index in [0.29, 0.717) is 0 Å². The fourth-order valence-electron chi connectivity index (χ4n) is 17.3. The maximum atomic E-state index is 6.88. The van der Waals surface area contributed by atoms with Gasteiger partial charge in [0.15, 0.2) is 0 Å². The third kappa shape index (κ3) is 5.56. The van der Waals surface area contributed by atoms with Crippen molar-refractivity contribution >= 4 is 60.9 Å². The largest absolute Gasteiger partial charge is 0.456 e. The third-order valence-electron chi connectivity index (χ3n) is 20.7. The lowest BCUT2D eigenvalue weighted by atomic mass is 9.68. The summed E-state index contributed by atoms with van der Waals surface area (Å²) < 4.78 is 13.7. The third-order valence-corrected chi connectivity index (χ3v) is 20.7. The number of para-hydroxylation sites is 3. The second-order valence-corrected chi connectivity index (χ2v) is 24.9. The van der Waals surface area contributed by atoms with Gasteiger partial charge in [0.1, 0.15) is 22.3 Å². The van der Waals surface area contributed by atoms with Gasteiger partial charge in [-0.25, -0.2) is 0 Å². The van der Waals surface area contributed by atoms with E-state index < -0.39 is 10.8 Å². The topological polar surface area (TPSA) is 29.5 Å². The molecule has 2 heterocycles. The van der Waals surface area contributed by atoms with Gasteiger partial charge in [-0.05, 0) is 190 Å². The molecule has 2 spiro atoms. The zero-order chi connectivity index (χ0) is 56.4. The van der Waals surface area contributed by atoms with E-state index in [4.69, 9.17) is 8.83 Å². The van der Waals surface area contributed by atoms with E-state index in [2.05, 4.69) is 292 Å². The second kappa shape index (κ2) is 16.3. The highest BCUT2D eigenvalue weighted by Crippen LogP contribution is 2.69. The van der Waals surface area contributed by atoms with Crippen molar-refractivity contribution < 1.29 is 8.83 Å². The van der Waals surface area contributed by atoms with Crippen LogP contribution in [0.2, 0.25) is 0 Å². The molecule has 3 heteroatoms. The lowest BCUT2D eigenvalue weighted by Crippen LogP contribution is -2.27. The lowest BCUT2D eigenvalue weighted by Gasteiger charge is -2.33. The number of hydrogen-bond acceptors (Lipinski definition) is 3. The highest BCUT2D eigenvalue weighted by molar-refractivity contribution is 6.20. The Morgan fingerprint density at radius 3 is 1.36 bits per heavy atom. The molecular formula is C83H51NO2. The molecule has 0 fully saturated rings. The summed E-state index contributed by atoms with van der Waals surface area (Å²) in [6.07, 6.45) is 0. The number of hydrogen-bond donors (Lipinski definition) is 0. The van der Waals surface area contributed by atoms with Crippen molar-refractivity contribution in [1.29, 1.82) is 0 Å². The molecule has 0 amide bonds. The smallest absolute Gasteiger partial charge is 0.143 e. The second-order valence-electron chi connectivity index (χ2n) is 24.9. The van der Waals surface area contributed by atoms with Crippen molar-refractivity contribution in [3.8, 4) is 66.8 Å². The quantitative estimate of drug-likeness (QED) is 0.176. The van der Waals surface area contributed by atoms with E-state index in [1.807, 2.05) is 0 Å². The molecule has 0 saturated carbocycles. The number of rotatable bonds is 4. The molecule has 86 heavy (non-hydrogen) atoms. The van der Waals surface area contributed by atoms with Gasteiger partial charge in [0.05, 0.1) is 10.8 Å². The van der Waals surface area contributed by atoms with Crippen molar-refractivity contribution in [2.75, 3.05) is 4.90 Å². The fourth-order valence-corrected chi connectivity index (χ4v) is 17.3. The molecule has 3 nitrogen and oxygen atoms in total. The van der Waals surface area contributed by atoms with E-state index in [0.717, 1.165) is 61.3 Å². The number of furan rings is 2. The average molecular weight is 1090 g/mol. The monoisotopic (exact) mass is 1090 g/mol. The summed E-state index contributed by atoms with van der Waals surface area (Å²) in [5.41, 5.74) is 33.5. The predicted molar refractivity (Wildman–Crippen MR) is 351 cm³/mol. The summed E-state index contributed by atoms with van der Waals surface area (Å²) in [5, 5.41) is 4.64. The highest BCUT2D eigenvalue weighted by Gasteiger charge is 2.57. The molecule has 0 N–H and O–H groups in total. The Labute approximate surface area is 497 Å². The fraction of sp³-hybridized carbons (Fsp3) is 0.0602. The minimum Gasteiger partial charge on any atom is -0.456 e. The Hall–Kier alpha value is -10.7. The van der Waals surface area contributed by atoms with Gasteiger partial charge >= 0.3 is 0 Å². The highest BCUT2D eigenvalue weighted by atomic mass is 16.3. The Morgan fingerprint density at radius 2 is 0.721 bits per heavy atom. The summed E-state index contributed by atoms with van der Waals surface area (Å²) in [7, 11) is 0. The van der Waals surface area contributed by atoms with Crippen LogP contribution < -0.4 is 4.90 Å². The van der Waals surface area contributed by atoms with Crippen molar-refractivity contribution in [3.63, 3.8) is 0 Å². The van der Waals surface area contributed by atoms with Crippen LogP contribution in [-0.4, -0.2) is 0 Å². The van der Waals surface area contributed by atoms with Gasteiger partial charge in [0, 0.05) is 49.6 Å². The van der Waals surface area contributed by atoms with E-state index in [9.17, 15) is 0 Å². The Morgan fingerprint density at radius 1 is 0.267 bits per heavy atom. The molecule has 15 aromatic rings. The first kappa shape index (κ1) is 46.7. The summed E-state index contributed by atoms with van der Waals surface area (Å²) in [6.45, 7) is 4.82. The first-order valence-electron chi connectivity index (χ1n) is 30.1. The van der Waals surface area contributed by atoms with Crippen molar-refractivity contribution in [3.05, 3.63) is 329 Å². The molecule has 0 atom stereocenters. The first-order valence-corrected chi connectivity index (χ1v) is 30.1. The number of anilines is 3. The van der Waals surface area contributed by atoms with Crippen molar-refractivity contribution in [2.45, 2.75) is 30.1 Å². The minimum absolute atomic E-state index is 0.342. The molecular weight excluding hydrogens is 1040 g/mol. The standard InChI is InChI=1S/C83H51NO2/c1-81(2)68-43-50(38-40-57(68)76-72(81)45-60(48-21-5-3-6-22-48)80-79(76)59-30-14-20-36-74(59)86-80)84(49-23-7-4-8-24-49)51-37-39-56-61-46-71-62(47-70(61)83(69(56)44-51)65-33-17-11-27-54(65)55-28-12-18-34-66(55)83)77-67(41-42-75-78(77)58-29-13-19-35-73(58)85-75)82(71)63-31-15-9-25-52(63)53-26-10-16-32-64(53)82/h3-47H,1-2H3. The van der Waals surface area contributed by atoms with Gasteiger partial charge in [0.25, 0.3) is 0 Å². The maximum absolute atomic E-state index is 6.88. The van der Waals surface area contributed by atoms with Crippen LogP contribution >= 0.6 is 0 Å². The Balaban J connectivity index is 0.851.